The largest absolute Gasteiger partial charge is 0.497 e. The monoisotopic (exact) mass is 351 g/mol. The van der Waals surface area contributed by atoms with Gasteiger partial charge in [-0.25, -0.2) is 4.68 Å². The Labute approximate surface area is 150 Å². The van der Waals surface area contributed by atoms with E-state index in [0.717, 1.165) is 40.0 Å². The van der Waals surface area contributed by atoms with Crippen molar-refractivity contribution in [3.05, 3.63) is 71.4 Å². The summed E-state index contributed by atoms with van der Waals surface area (Å²) < 4.78 is 6.97. The van der Waals surface area contributed by atoms with Gasteiger partial charge in [0.2, 0.25) is 0 Å². The first-order chi connectivity index (χ1) is 12.3. The molecule has 6 heteroatoms. The van der Waals surface area contributed by atoms with Crippen molar-refractivity contribution < 1.29 is 9.53 Å². The van der Waals surface area contributed by atoms with Crippen molar-refractivity contribution in [3.63, 3.8) is 0 Å². The molecule has 0 saturated carbocycles. The highest BCUT2D eigenvalue weighted by Crippen LogP contribution is 2.36. The predicted octanol–water partition coefficient (Wildman–Crippen LogP) is 3.88. The van der Waals surface area contributed by atoms with E-state index < -0.39 is 0 Å². The lowest BCUT2D eigenvalue weighted by atomic mass is 10.2. The number of nitrogens with one attached hydrogen (secondary N) is 1. The summed E-state index contributed by atoms with van der Waals surface area (Å²) in [6.45, 7) is 0. The van der Waals surface area contributed by atoms with Gasteiger partial charge in [0.15, 0.2) is 0 Å². The van der Waals surface area contributed by atoms with Crippen LogP contribution in [0.15, 0.2) is 54.6 Å². The Kier molecular flexibility index (Phi) is 4.19. The molecule has 0 aliphatic carbocycles. The summed E-state index contributed by atoms with van der Waals surface area (Å²) in [4.78, 5) is 12.7. The van der Waals surface area contributed by atoms with Crippen molar-refractivity contribution in [3.8, 4) is 11.4 Å². The molecule has 126 valence electrons. The molecule has 25 heavy (non-hydrogen) atoms. The number of hydrogen-bond donors (Lipinski definition) is 1. The fourth-order valence-corrected chi connectivity index (χ4v) is 3.85. The normalized spacial score (nSPS) is 12.7. The Balaban J connectivity index is 1.68. The second kappa shape index (κ2) is 6.64. The second-order valence-corrected chi connectivity index (χ2v) is 6.68. The number of hydrogen-bond acceptors (Lipinski definition) is 4. The zero-order valence-corrected chi connectivity index (χ0v) is 14.5. The van der Waals surface area contributed by atoms with Gasteiger partial charge in [-0.05, 0) is 36.4 Å². The lowest BCUT2D eigenvalue weighted by molar-refractivity contribution is 0.102. The SMILES string of the molecule is COc1ccc(C(=O)Nc2c3c(nn2-c2ccccc2)CSC3)cc1. The highest BCUT2D eigenvalue weighted by molar-refractivity contribution is 7.98. The zero-order valence-electron chi connectivity index (χ0n) is 13.7. The Morgan fingerprint density at radius 1 is 1.12 bits per heavy atom. The van der Waals surface area contributed by atoms with Gasteiger partial charge in [0.25, 0.3) is 5.91 Å². The number of fused-ring (bicyclic) bond motifs is 1. The van der Waals surface area contributed by atoms with Crippen molar-refractivity contribution in [2.75, 3.05) is 12.4 Å². The second-order valence-electron chi connectivity index (χ2n) is 5.70. The number of amides is 1. The summed E-state index contributed by atoms with van der Waals surface area (Å²) in [5.41, 5.74) is 3.67. The molecule has 1 aromatic heterocycles. The summed E-state index contributed by atoms with van der Waals surface area (Å²) in [7, 11) is 1.61. The molecule has 0 saturated heterocycles. The molecular formula is C19H17N3O2S. The van der Waals surface area contributed by atoms with E-state index >= 15 is 0 Å². The molecule has 0 spiro atoms. The van der Waals surface area contributed by atoms with Gasteiger partial charge in [0.05, 0.1) is 18.5 Å². The Morgan fingerprint density at radius 3 is 2.60 bits per heavy atom. The number of methoxy groups -OCH3 is 1. The first kappa shape index (κ1) is 15.8. The summed E-state index contributed by atoms with van der Waals surface area (Å²) in [6, 6.07) is 16.9. The first-order valence-electron chi connectivity index (χ1n) is 7.95. The van der Waals surface area contributed by atoms with E-state index in [4.69, 9.17) is 9.84 Å². The molecule has 0 atom stereocenters. The van der Waals surface area contributed by atoms with E-state index in [-0.39, 0.29) is 5.91 Å². The minimum absolute atomic E-state index is 0.153. The van der Waals surface area contributed by atoms with E-state index in [1.54, 1.807) is 31.4 Å². The van der Waals surface area contributed by atoms with Crippen molar-refractivity contribution in [2.45, 2.75) is 11.5 Å². The number of nitrogens with zero attached hydrogens (tertiary/aromatic N) is 2. The minimum Gasteiger partial charge on any atom is -0.497 e. The topological polar surface area (TPSA) is 56.1 Å². The van der Waals surface area contributed by atoms with Crippen molar-refractivity contribution in [1.29, 1.82) is 0 Å². The van der Waals surface area contributed by atoms with Gasteiger partial charge in [0, 0.05) is 22.6 Å². The fourth-order valence-electron chi connectivity index (χ4n) is 2.82. The molecule has 1 aliphatic rings. The first-order valence-corrected chi connectivity index (χ1v) is 9.11. The van der Waals surface area contributed by atoms with Crippen LogP contribution in [0.4, 0.5) is 5.82 Å². The van der Waals surface area contributed by atoms with Gasteiger partial charge in [0.1, 0.15) is 11.6 Å². The summed E-state index contributed by atoms with van der Waals surface area (Å²) in [6.07, 6.45) is 0. The molecular weight excluding hydrogens is 334 g/mol. The molecule has 0 radical (unpaired) electrons. The van der Waals surface area contributed by atoms with Crippen LogP contribution in [0.25, 0.3) is 5.69 Å². The number of benzene rings is 2. The van der Waals surface area contributed by atoms with Crippen LogP contribution in [0.1, 0.15) is 21.6 Å². The molecule has 0 fully saturated rings. The standard InChI is InChI=1S/C19H17N3O2S/c1-24-15-9-7-13(8-10-15)19(23)20-18-16-11-25-12-17(16)21-22(18)14-5-3-2-4-6-14/h2-10H,11-12H2,1H3,(H,20,23). The summed E-state index contributed by atoms with van der Waals surface area (Å²) >= 11 is 1.81. The van der Waals surface area contributed by atoms with E-state index in [1.807, 2.05) is 46.8 Å². The third-order valence-corrected chi connectivity index (χ3v) is 5.11. The smallest absolute Gasteiger partial charge is 0.256 e. The van der Waals surface area contributed by atoms with Crippen LogP contribution < -0.4 is 10.1 Å². The molecule has 5 nitrogen and oxygen atoms in total. The van der Waals surface area contributed by atoms with Gasteiger partial charge in [-0.1, -0.05) is 18.2 Å². The van der Waals surface area contributed by atoms with Crippen molar-refractivity contribution in [2.24, 2.45) is 0 Å². The van der Waals surface area contributed by atoms with Gasteiger partial charge < -0.3 is 10.1 Å². The molecule has 3 aromatic rings. The van der Waals surface area contributed by atoms with E-state index in [0.29, 0.717) is 5.56 Å². The predicted molar refractivity (Wildman–Crippen MR) is 99.5 cm³/mol. The Morgan fingerprint density at radius 2 is 1.88 bits per heavy atom. The van der Waals surface area contributed by atoms with E-state index in [1.165, 1.54) is 0 Å². The Hall–Kier alpha value is -2.73. The molecule has 4 rings (SSSR count). The quantitative estimate of drug-likeness (QED) is 0.775. The van der Waals surface area contributed by atoms with Crippen LogP contribution in [-0.4, -0.2) is 22.8 Å². The summed E-state index contributed by atoms with van der Waals surface area (Å²) in [5.74, 6) is 3.07. The number of thioether (sulfide) groups is 1. The number of aromatic nitrogens is 2. The number of carbonyl (C=O) groups excluding carboxylic acids is 1. The van der Waals surface area contributed by atoms with Crippen LogP contribution in [0.2, 0.25) is 0 Å². The number of para-hydroxylation sites is 1. The molecule has 0 bridgehead atoms. The van der Waals surface area contributed by atoms with Crippen molar-refractivity contribution >= 4 is 23.5 Å². The molecule has 0 unspecified atom stereocenters. The number of rotatable bonds is 4. The zero-order chi connectivity index (χ0) is 17.2. The molecule has 1 N–H and O–H groups in total. The maximum Gasteiger partial charge on any atom is 0.256 e. The van der Waals surface area contributed by atoms with Crippen LogP contribution in [-0.2, 0) is 11.5 Å². The molecule has 2 aromatic carbocycles. The van der Waals surface area contributed by atoms with Gasteiger partial charge >= 0.3 is 0 Å². The highest BCUT2D eigenvalue weighted by atomic mass is 32.2. The van der Waals surface area contributed by atoms with Crippen LogP contribution in [0.5, 0.6) is 5.75 Å². The van der Waals surface area contributed by atoms with E-state index in [9.17, 15) is 4.79 Å². The molecule has 2 heterocycles. The number of carbonyl (C=O) groups is 1. The Bertz CT molecular complexity index is 904. The van der Waals surface area contributed by atoms with Gasteiger partial charge in [-0.15, -0.1) is 0 Å². The van der Waals surface area contributed by atoms with Crippen LogP contribution in [0.3, 0.4) is 0 Å². The van der Waals surface area contributed by atoms with Gasteiger partial charge in [-0.2, -0.15) is 16.9 Å². The highest BCUT2D eigenvalue weighted by Gasteiger charge is 2.24. The number of ether oxygens (including phenoxy) is 1. The molecule has 1 aliphatic heterocycles. The average molecular weight is 351 g/mol. The van der Waals surface area contributed by atoms with E-state index in [2.05, 4.69) is 5.32 Å². The maximum atomic E-state index is 12.7. The maximum absolute atomic E-state index is 12.7. The van der Waals surface area contributed by atoms with Crippen LogP contribution >= 0.6 is 11.8 Å². The van der Waals surface area contributed by atoms with Crippen LogP contribution in [0, 0.1) is 0 Å². The fraction of sp³-hybridized carbons (Fsp3) is 0.158. The van der Waals surface area contributed by atoms with Gasteiger partial charge in [-0.3, -0.25) is 4.79 Å². The third-order valence-electron chi connectivity index (χ3n) is 4.14. The third kappa shape index (κ3) is 3.00. The average Bonchev–Trinajstić information content (AvgIpc) is 3.25. The number of anilines is 1. The van der Waals surface area contributed by atoms with Crippen molar-refractivity contribution in [1.82, 2.24) is 9.78 Å². The lowest BCUT2D eigenvalue weighted by Gasteiger charge is -2.11. The molecule has 1 amide bonds. The lowest BCUT2D eigenvalue weighted by Crippen LogP contribution is -2.16. The summed E-state index contributed by atoms with van der Waals surface area (Å²) in [5, 5.41) is 7.75. The minimum atomic E-state index is -0.153.